The number of anilines is 1. The van der Waals surface area contributed by atoms with Crippen molar-refractivity contribution in [3.63, 3.8) is 0 Å². The highest BCUT2D eigenvalue weighted by Gasteiger charge is 2.61. The van der Waals surface area contributed by atoms with Gasteiger partial charge in [-0.15, -0.1) is 0 Å². The molecule has 34 heavy (non-hydrogen) atoms. The van der Waals surface area contributed by atoms with E-state index in [0.29, 0.717) is 29.7 Å². The number of pyridine rings is 1. The Hall–Kier alpha value is -2.98. The summed E-state index contributed by atoms with van der Waals surface area (Å²) in [6, 6.07) is 1.82. The maximum absolute atomic E-state index is 13.5. The molecule has 3 N–H and O–H groups in total. The summed E-state index contributed by atoms with van der Waals surface area (Å²) in [5.41, 5.74) is 8.84. The zero-order chi connectivity index (χ0) is 23.5. The van der Waals surface area contributed by atoms with Gasteiger partial charge in [0.2, 0.25) is 5.28 Å². The molecule has 4 saturated carbocycles. The molecule has 4 heterocycles. The standard InChI is InChI=1S/C23H25ClN8O2/c1-10-3-16-27-19(29-31(16)9-14(10)25)17-11-4-12-6-23(34,5-11)7-13(17)18(12)32-20-15(30(2)22(32)33)8-26-21(24)28-20/h3,8-9,11-13,17-18,34H,4-7,25H2,1-2H3. The first kappa shape index (κ1) is 20.4. The highest BCUT2D eigenvalue weighted by atomic mass is 35.5. The minimum absolute atomic E-state index is 0.00384. The smallest absolute Gasteiger partial charge is 0.330 e. The molecule has 4 aromatic heterocycles. The van der Waals surface area contributed by atoms with E-state index in [1.54, 1.807) is 33.1 Å². The van der Waals surface area contributed by atoms with E-state index in [4.69, 9.17) is 27.4 Å². The average molecular weight is 481 g/mol. The van der Waals surface area contributed by atoms with Crippen molar-refractivity contribution in [2.75, 3.05) is 5.73 Å². The van der Waals surface area contributed by atoms with Crippen molar-refractivity contribution >= 4 is 34.1 Å². The molecule has 10 nitrogen and oxygen atoms in total. The molecule has 0 amide bonds. The lowest BCUT2D eigenvalue weighted by molar-refractivity contribution is -0.158. The van der Waals surface area contributed by atoms with Crippen LogP contribution in [0.25, 0.3) is 16.8 Å². The second-order valence-corrected chi connectivity index (χ2v) is 10.9. The highest BCUT2D eigenvalue weighted by molar-refractivity contribution is 6.28. The number of fused-ring (bicyclic) bond motifs is 2. The van der Waals surface area contributed by atoms with Gasteiger partial charge in [0.15, 0.2) is 17.1 Å². The molecule has 4 bridgehead atoms. The average Bonchev–Trinajstić information content (AvgIpc) is 3.26. The number of hydrogen-bond acceptors (Lipinski definition) is 7. The van der Waals surface area contributed by atoms with Gasteiger partial charge in [-0.3, -0.25) is 9.13 Å². The van der Waals surface area contributed by atoms with Crippen LogP contribution >= 0.6 is 11.6 Å². The molecule has 4 aromatic rings. The van der Waals surface area contributed by atoms with Gasteiger partial charge >= 0.3 is 5.69 Å². The molecule has 0 radical (unpaired) electrons. The van der Waals surface area contributed by atoms with Gasteiger partial charge in [-0.2, -0.15) is 10.1 Å². The van der Waals surface area contributed by atoms with Crippen LogP contribution in [0, 0.1) is 24.7 Å². The topological polar surface area (TPSA) is 129 Å². The van der Waals surface area contributed by atoms with Gasteiger partial charge in [0.05, 0.1) is 23.7 Å². The van der Waals surface area contributed by atoms with Gasteiger partial charge in [-0.05, 0) is 73.6 Å². The summed E-state index contributed by atoms with van der Waals surface area (Å²) in [6.45, 7) is 1.96. The summed E-state index contributed by atoms with van der Waals surface area (Å²) in [5.74, 6) is 1.23. The zero-order valence-corrected chi connectivity index (χ0v) is 19.6. The van der Waals surface area contributed by atoms with Crippen LogP contribution in [-0.4, -0.2) is 44.4 Å². The van der Waals surface area contributed by atoms with Gasteiger partial charge in [-0.25, -0.2) is 19.3 Å². The molecule has 176 valence electrons. The van der Waals surface area contributed by atoms with Crippen LogP contribution in [0.5, 0.6) is 0 Å². The van der Waals surface area contributed by atoms with Crippen LogP contribution in [0.15, 0.2) is 23.3 Å². The van der Waals surface area contributed by atoms with E-state index in [2.05, 4.69) is 9.97 Å². The first-order valence-corrected chi connectivity index (χ1v) is 12.0. The second kappa shape index (κ2) is 6.57. The number of nitrogens with zero attached hydrogens (tertiary/aromatic N) is 7. The van der Waals surface area contributed by atoms with Crippen molar-refractivity contribution in [2.24, 2.45) is 24.8 Å². The van der Waals surface area contributed by atoms with Crippen LogP contribution in [0.2, 0.25) is 5.28 Å². The lowest BCUT2D eigenvalue weighted by Gasteiger charge is -2.60. The van der Waals surface area contributed by atoms with E-state index < -0.39 is 5.60 Å². The molecule has 0 aromatic carbocycles. The quantitative estimate of drug-likeness (QED) is 0.421. The van der Waals surface area contributed by atoms with Crippen molar-refractivity contribution in [1.82, 2.24) is 33.7 Å². The first-order chi connectivity index (χ1) is 16.2. The third-order valence-corrected chi connectivity index (χ3v) is 8.71. The molecule has 0 spiro atoms. The van der Waals surface area contributed by atoms with Crippen LogP contribution in [0.4, 0.5) is 5.69 Å². The summed E-state index contributed by atoms with van der Waals surface area (Å²) in [6.07, 6.45) is 6.34. The molecule has 4 aliphatic rings. The summed E-state index contributed by atoms with van der Waals surface area (Å²) < 4.78 is 5.11. The Balaban J connectivity index is 1.41. The maximum Gasteiger partial charge on any atom is 0.330 e. The fourth-order valence-electron chi connectivity index (χ4n) is 7.30. The number of aryl methyl sites for hydroxylation is 2. The molecular formula is C23H25ClN8O2. The molecule has 4 fully saturated rings. The minimum Gasteiger partial charge on any atom is -0.397 e. The van der Waals surface area contributed by atoms with Gasteiger partial charge in [0.1, 0.15) is 5.52 Å². The Labute approximate surface area is 199 Å². The summed E-state index contributed by atoms with van der Waals surface area (Å²) in [4.78, 5) is 26.9. The number of nitrogens with two attached hydrogens (primary N) is 1. The predicted molar refractivity (Wildman–Crippen MR) is 126 cm³/mol. The maximum atomic E-state index is 13.5. The van der Waals surface area contributed by atoms with Crippen molar-refractivity contribution in [2.45, 2.75) is 50.2 Å². The Morgan fingerprint density at radius 1 is 1.24 bits per heavy atom. The number of aromatic nitrogens is 7. The van der Waals surface area contributed by atoms with Crippen molar-refractivity contribution < 1.29 is 5.11 Å². The Kier molecular flexibility index (Phi) is 3.94. The molecule has 4 aliphatic carbocycles. The van der Waals surface area contributed by atoms with E-state index in [1.165, 1.54) is 0 Å². The Morgan fingerprint density at radius 2 is 2.03 bits per heavy atom. The van der Waals surface area contributed by atoms with Gasteiger partial charge in [0.25, 0.3) is 0 Å². The highest BCUT2D eigenvalue weighted by Crippen LogP contribution is 2.64. The molecule has 6 atom stereocenters. The van der Waals surface area contributed by atoms with Crippen LogP contribution in [0.1, 0.15) is 49.0 Å². The van der Waals surface area contributed by atoms with Crippen molar-refractivity contribution in [1.29, 1.82) is 0 Å². The lowest BCUT2D eigenvalue weighted by atomic mass is 9.48. The molecule has 11 heteroatoms. The number of halogens is 1. The fourth-order valence-corrected chi connectivity index (χ4v) is 7.43. The number of hydrogen-bond donors (Lipinski definition) is 2. The molecule has 0 saturated heterocycles. The summed E-state index contributed by atoms with van der Waals surface area (Å²) in [7, 11) is 1.73. The van der Waals surface area contributed by atoms with E-state index in [-0.39, 0.29) is 40.7 Å². The molecule has 8 rings (SSSR count). The summed E-state index contributed by atoms with van der Waals surface area (Å²) >= 11 is 6.14. The van der Waals surface area contributed by atoms with E-state index in [1.807, 2.05) is 13.0 Å². The SMILES string of the molecule is Cc1cc2nc(C3C4CC5CC(O)(C4)CC3C5n3c(=O)n(C)c4cnc(Cl)nc43)nn2cc1N. The number of aliphatic hydroxyl groups is 1. The normalized spacial score (nSPS) is 32.3. The Morgan fingerprint density at radius 3 is 2.85 bits per heavy atom. The predicted octanol–water partition coefficient (Wildman–Crippen LogP) is 2.22. The number of nitrogen functional groups attached to an aromatic ring is 1. The van der Waals surface area contributed by atoms with Crippen LogP contribution in [0.3, 0.4) is 0 Å². The lowest BCUT2D eigenvalue weighted by Crippen LogP contribution is -2.59. The first-order valence-electron chi connectivity index (χ1n) is 11.7. The molecule has 6 unspecified atom stereocenters. The van der Waals surface area contributed by atoms with Crippen LogP contribution in [-0.2, 0) is 7.05 Å². The van der Waals surface area contributed by atoms with E-state index in [9.17, 15) is 9.90 Å². The summed E-state index contributed by atoms with van der Waals surface area (Å²) in [5, 5.41) is 16.3. The number of rotatable bonds is 2. The van der Waals surface area contributed by atoms with Gasteiger partial charge in [0, 0.05) is 19.0 Å². The molecular weight excluding hydrogens is 456 g/mol. The zero-order valence-electron chi connectivity index (χ0n) is 18.9. The van der Waals surface area contributed by atoms with Crippen molar-refractivity contribution in [3.8, 4) is 0 Å². The number of imidazole rings is 1. The monoisotopic (exact) mass is 480 g/mol. The molecule has 0 aliphatic heterocycles. The fraction of sp³-hybridized carbons (Fsp3) is 0.522. The third kappa shape index (κ3) is 2.63. The second-order valence-electron chi connectivity index (χ2n) is 10.5. The van der Waals surface area contributed by atoms with Crippen LogP contribution < -0.4 is 11.4 Å². The van der Waals surface area contributed by atoms with Crippen molar-refractivity contribution in [3.05, 3.63) is 45.6 Å². The third-order valence-electron chi connectivity index (χ3n) is 8.53. The Bertz CT molecular complexity index is 1520. The van der Waals surface area contributed by atoms with Gasteiger partial charge < -0.3 is 10.8 Å². The minimum atomic E-state index is -0.702. The van der Waals surface area contributed by atoms with E-state index >= 15 is 0 Å². The van der Waals surface area contributed by atoms with Gasteiger partial charge in [-0.1, -0.05) is 0 Å². The largest absolute Gasteiger partial charge is 0.397 e. The van der Waals surface area contributed by atoms with E-state index in [0.717, 1.165) is 29.9 Å².